The van der Waals surface area contributed by atoms with Crippen LogP contribution in [0.15, 0.2) is 0 Å². The molecule has 0 aromatic rings. The summed E-state index contributed by atoms with van der Waals surface area (Å²) in [6, 6.07) is 0. The van der Waals surface area contributed by atoms with Crippen LogP contribution < -0.4 is 5.73 Å². The molecule has 1 fully saturated rings. The van der Waals surface area contributed by atoms with Crippen molar-refractivity contribution in [3.63, 3.8) is 0 Å². The van der Waals surface area contributed by atoms with E-state index in [0.29, 0.717) is 5.41 Å². The molecule has 0 aromatic heterocycles. The maximum absolute atomic E-state index is 5.60. The van der Waals surface area contributed by atoms with Gasteiger partial charge in [0.1, 0.15) is 0 Å². The molecule has 2 N–H and O–H groups in total. The van der Waals surface area contributed by atoms with E-state index in [2.05, 4.69) is 25.7 Å². The first-order valence-electron chi connectivity index (χ1n) is 6.44. The highest BCUT2D eigenvalue weighted by atomic mass is 15.1. The van der Waals surface area contributed by atoms with Crippen LogP contribution >= 0.6 is 0 Å². The Balaban J connectivity index is 2.15. The molecule has 0 aliphatic carbocycles. The fourth-order valence-electron chi connectivity index (χ4n) is 2.23. The van der Waals surface area contributed by atoms with Gasteiger partial charge in [0.05, 0.1) is 0 Å². The zero-order valence-corrected chi connectivity index (χ0v) is 10.8. The number of nitrogens with zero attached hydrogens (tertiary/aromatic N) is 1. The van der Waals surface area contributed by atoms with E-state index >= 15 is 0 Å². The van der Waals surface area contributed by atoms with E-state index in [1.54, 1.807) is 0 Å². The molecule has 0 aromatic carbocycles. The van der Waals surface area contributed by atoms with Gasteiger partial charge in [-0.05, 0) is 63.2 Å². The van der Waals surface area contributed by atoms with Crippen molar-refractivity contribution in [2.24, 2.45) is 17.1 Å². The summed E-state index contributed by atoms with van der Waals surface area (Å²) in [4.78, 5) is 2.62. The molecule has 2 nitrogen and oxygen atoms in total. The molecule has 1 heterocycles. The van der Waals surface area contributed by atoms with Crippen LogP contribution in [-0.2, 0) is 0 Å². The fourth-order valence-corrected chi connectivity index (χ4v) is 2.23. The zero-order valence-electron chi connectivity index (χ0n) is 10.8. The number of nitrogens with two attached hydrogens (primary N) is 1. The summed E-state index contributed by atoms with van der Waals surface area (Å²) < 4.78 is 0. The number of hydrogen-bond acceptors (Lipinski definition) is 2. The first-order valence-corrected chi connectivity index (χ1v) is 6.44. The minimum atomic E-state index is 0.480. The quantitative estimate of drug-likeness (QED) is 0.776. The number of piperidine rings is 1. The minimum Gasteiger partial charge on any atom is -0.330 e. The molecule has 15 heavy (non-hydrogen) atoms. The van der Waals surface area contributed by atoms with Crippen LogP contribution in [0.4, 0.5) is 0 Å². The predicted octanol–water partition coefficient (Wildman–Crippen LogP) is 2.48. The Labute approximate surface area is 95.2 Å². The summed E-state index contributed by atoms with van der Waals surface area (Å²) in [5.74, 6) is 0.904. The average molecular weight is 212 g/mol. The lowest BCUT2D eigenvalue weighted by Gasteiger charge is -2.33. The van der Waals surface area contributed by atoms with Crippen molar-refractivity contribution in [2.75, 3.05) is 26.2 Å². The van der Waals surface area contributed by atoms with Crippen molar-refractivity contribution in [3.8, 4) is 0 Å². The Hall–Kier alpha value is -0.0800. The first-order chi connectivity index (χ1) is 7.01. The second-order valence-corrected chi connectivity index (χ2v) is 6.17. The first kappa shape index (κ1) is 13.0. The molecule has 0 bridgehead atoms. The van der Waals surface area contributed by atoms with E-state index in [1.165, 1.54) is 45.3 Å². The van der Waals surface area contributed by atoms with Crippen molar-refractivity contribution in [1.29, 1.82) is 0 Å². The third kappa shape index (κ3) is 5.53. The number of rotatable bonds is 4. The lowest BCUT2D eigenvalue weighted by molar-refractivity contribution is 0.160. The second-order valence-electron chi connectivity index (χ2n) is 6.17. The minimum absolute atomic E-state index is 0.480. The molecule has 0 spiro atoms. The lowest BCUT2D eigenvalue weighted by Crippen LogP contribution is -2.36. The molecular formula is C13H28N2. The third-order valence-electron chi connectivity index (χ3n) is 3.46. The van der Waals surface area contributed by atoms with E-state index < -0.39 is 0 Å². The molecule has 90 valence electrons. The molecule has 1 aliphatic rings. The Morgan fingerprint density at radius 3 is 2.27 bits per heavy atom. The van der Waals surface area contributed by atoms with Crippen molar-refractivity contribution < 1.29 is 0 Å². The van der Waals surface area contributed by atoms with Gasteiger partial charge in [-0.1, -0.05) is 20.8 Å². The van der Waals surface area contributed by atoms with Gasteiger partial charge in [-0.3, -0.25) is 0 Å². The molecule has 1 aliphatic heterocycles. The fraction of sp³-hybridized carbons (Fsp3) is 1.00. The normalized spacial score (nSPS) is 20.8. The van der Waals surface area contributed by atoms with Crippen molar-refractivity contribution in [3.05, 3.63) is 0 Å². The van der Waals surface area contributed by atoms with E-state index in [-0.39, 0.29) is 0 Å². The van der Waals surface area contributed by atoms with Gasteiger partial charge in [0.2, 0.25) is 0 Å². The Morgan fingerprint density at radius 2 is 1.80 bits per heavy atom. The summed E-state index contributed by atoms with van der Waals surface area (Å²) in [5.41, 5.74) is 6.08. The summed E-state index contributed by atoms with van der Waals surface area (Å²) in [6.45, 7) is 11.7. The van der Waals surface area contributed by atoms with Crippen molar-refractivity contribution >= 4 is 0 Å². The molecule has 0 amide bonds. The standard InChI is InChI=1S/C13H28N2/c1-13(2,3)7-11-15-9-5-12(4-8-14)6-10-15/h12H,4-11,14H2,1-3H3. The molecule has 1 saturated heterocycles. The molecule has 0 unspecified atom stereocenters. The highest BCUT2D eigenvalue weighted by Crippen LogP contribution is 2.23. The third-order valence-corrected chi connectivity index (χ3v) is 3.46. The van der Waals surface area contributed by atoms with Gasteiger partial charge in [-0.25, -0.2) is 0 Å². The summed E-state index contributed by atoms with van der Waals surface area (Å²) in [5, 5.41) is 0. The smallest absolute Gasteiger partial charge is 0.00137 e. The van der Waals surface area contributed by atoms with E-state index in [1.807, 2.05) is 0 Å². The summed E-state index contributed by atoms with van der Waals surface area (Å²) in [6.07, 6.45) is 5.27. The molecular weight excluding hydrogens is 184 g/mol. The number of likely N-dealkylation sites (tertiary alicyclic amines) is 1. The second kappa shape index (κ2) is 5.86. The zero-order chi connectivity index (χ0) is 11.3. The monoisotopic (exact) mass is 212 g/mol. The van der Waals surface area contributed by atoms with E-state index in [9.17, 15) is 0 Å². The predicted molar refractivity (Wildman–Crippen MR) is 66.9 cm³/mol. The SMILES string of the molecule is CC(C)(C)CCN1CCC(CCN)CC1. The maximum atomic E-state index is 5.60. The molecule has 2 heteroatoms. The topological polar surface area (TPSA) is 29.3 Å². The van der Waals surface area contributed by atoms with Gasteiger partial charge < -0.3 is 10.6 Å². The maximum Gasteiger partial charge on any atom is -0.00137 e. The van der Waals surface area contributed by atoms with Gasteiger partial charge in [0.15, 0.2) is 0 Å². The van der Waals surface area contributed by atoms with E-state index in [0.717, 1.165) is 12.5 Å². The van der Waals surface area contributed by atoms with Crippen LogP contribution in [-0.4, -0.2) is 31.1 Å². The molecule has 1 rings (SSSR count). The Bertz CT molecular complexity index is 164. The van der Waals surface area contributed by atoms with Gasteiger partial charge in [-0.15, -0.1) is 0 Å². The van der Waals surface area contributed by atoms with Crippen LogP contribution in [0, 0.1) is 11.3 Å². The summed E-state index contributed by atoms with van der Waals surface area (Å²) in [7, 11) is 0. The molecule has 0 radical (unpaired) electrons. The van der Waals surface area contributed by atoms with E-state index in [4.69, 9.17) is 5.73 Å². The van der Waals surface area contributed by atoms with Crippen molar-refractivity contribution in [1.82, 2.24) is 4.90 Å². The highest BCUT2D eigenvalue weighted by molar-refractivity contribution is 4.74. The van der Waals surface area contributed by atoms with Crippen molar-refractivity contribution in [2.45, 2.75) is 46.5 Å². The van der Waals surface area contributed by atoms with Crippen LogP contribution in [0.3, 0.4) is 0 Å². The summed E-state index contributed by atoms with van der Waals surface area (Å²) >= 11 is 0. The molecule has 0 atom stereocenters. The van der Waals surface area contributed by atoms with Crippen LogP contribution in [0.25, 0.3) is 0 Å². The average Bonchev–Trinajstić information content (AvgIpc) is 2.16. The van der Waals surface area contributed by atoms with Gasteiger partial charge in [0, 0.05) is 0 Å². The van der Waals surface area contributed by atoms with Crippen LogP contribution in [0.1, 0.15) is 46.5 Å². The lowest BCUT2D eigenvalue weighted by atomic mass is 9.90. The van der Waals surface area contributed by atoms with Gasteiger partial charge >= 0.3 is 0 Å². The number of hydrogen-bond donors (Lipinski definition) is 1. The van der Waals surface area contributed by atoms with Crippen LogP contribution in [0.5, 0.6) is 0 Å². The molecule has 0 saturated carbocycles. The largest absolute Gasteiger partial charge is 0.330 e. The Morgan fingerprint density at radius 1 is 1.20 bits per heavy atom. The highest BCUT2D eigenvalue weighted by Gasteiger charge is 2.19. The van der Waals surface area contributed by atoms with Gasteiger partial charge in [0.25, 0.3) is 0 Å². The van der Waals surface area contributed by atoms with Crippen LogP contribution in [0.2, 0.25) is 0 Å². The Kier molecular flexibility index (Phi) is 5.07. The van der Waals surface area contributed by atoms with Gasteiger partial charge in [-0.2, -0.15) is 0 Å².